The van der Waals surface area contributed by atoms with Crippen molar-refractivity contribution in [3.63, 3.8) is 0 Å². The Balaban J connectivity index is 2.21. The maximum atomic E-state index is 6.00. The minimum absolute atomic E-state index is 0.314. The molecular weight excluding hydrogens is 220 g/mol. The quantitative estimate of drug-likeness (QED) is 0.856. The topological polar surface area (TPSA) is 38.0 Å². The van der Waals surface area contributed by atoms with Crippen molar-refractivity contribution < 1.29 is 0 Å². The van der Waals surface area contributed by atoms with Gasteiger partial charge in [0.2, 0.25) is 0 Å². The molecule has 18 heavy (non-hydrogen) atoms. The van der Waals surface area contributed by atoms with Crippen molar-refractivity contribution in [2.75, 3.05) is 6.54 Å². The SMILES string of the molecule is Cc1cc(C)c(C(CN)NC2CCCC2)c(C)c1. The second kappa shape index (κ2) is 5.85. The number of nitrogens with one attached hydrogen (secondary N) is 1. The summed E-state index contributed by atoms with van der Waals surface area (Å²) in [6.45, 7) is 7.25. The van der Waals surface area contributed by atoms with Crippen molar-refractivity contribution in [2.45, 2.75) is 58.5 Å². The zero-order valence-electron chi connectivity index (χ0n) is 11.9. The van der Waals surface area contributed by atoms with Crippen LogP contribution >= 0.6 is 0 Å². The lowest BCUT2D eigenvalue weighted by Crippen LogP contribution is -2.36. The van der Waals surface area contributed by atoms with Crippen LogP contribution in [0.15, 0.2) is 12.1 Å². The number of aryl methyl sites for hydroxylation is 3. The Morgan fingerprint density at radius 1 is 1.17 bits per heavy atom. The Kier molecular flexibility index (Phi) is 4.41. The van der Waals surface area contributed by atoms with Crippen molar-refractivity contribution in [3.8, 4) is 0 Å². The highest BCUT2D eigenvalue weighted by Gasteiger charge is 2.21. The van der Waals surface area contributed by atoms with E-state index in [9.17, 15) is 0 Å². The molecule has 0 bridgehead atoms. The molecule has 1 saturated carbocycles. The van der Waals surface area contributed by atoms with Gasteiger partial charge in [-0.25, -0.2) is 0 Å². The first-order valence-electron chi connectivity index (χ1n) is 7.15. The molecule has 0 amide bonds. The molecule has 1 aliphatic carbocycles. The molecule has 1 aliphatic rings. The zero-order valence-corrected chi connectivity index (χ0v) is 11.9. The summed E-state index contributed by atoms with van der Waals surface area (Å²) in [6, 6.07) is 5.51. The first kappa shape index (κ1) is 13.6. The van der Waals surface area contributed by atoms with Crippen LogP contribution in [0.5, 0.6) is 0 Å². The summed E-state index contributed by atoms with van der Waals surface area (Å²) in [5.74, 6) is 0. The molecule has 1 aromatic rings. The van der Waals surface area contributed by atoms with Crippen LogP contribution in [0.25, 0.3) is 0 Å². The van der Waals surface area contributed by atoms with E-state index in [1.54, 1.807) is 0 Å². The Bertz CT molecular complexity index is 383. The van der Waals surface area contributed by atoms with Gasteiger partial charge < -0.3 is 11.1 Å². The smallest absolute Gasteiger partial charge is 0.0451 e. The van der Waals surface area contributed by atoms with Crippen molar-refractivity contribution >= 4 is 0 Å². The predicted molar refractivity (Wildman–Crippen MR) is 77.8 cm³/mol. The van der Waals surface area contributed by atoms with E-state index in [0.29, 0.717) is 18.6 Å². The van der Waals surface area contributed by atoms with Gasteiger partial charge in [0, 0.05) is 18.6 Å². The molecule has 1 atom stereocenters. The third-order valence-electron chi connectivity index (χ3n) is 4.11. The third-order valence-corrected chi connectivity index (χ3v) is 4.11. The molecule has 0 spiro atoms. The number of rotatable bonds is 4. The lowest BCUT2D eigenvalue weighted by molar-refractivity contribution is 0.442. The van der Waals surface area contributed by atoms with E-state index in [4.69, 9.17) is 5.73 Å². The predicted octanol–water partition coefficient (Wildman–Crippen LogP) is 3.14. The fraction of sp³-hybridized carbons (Fsp3) is 0.625. The summed E-state index contributed by atoms with van der Waals surface area (Å²) in [5, 5.41) is 3.76. The summed E-state index contributed by atoms with van der Waals surface area (Å²) in [7, 11) is 0. The minimum atomic E-state index is 0.314. The molecule has 1 unspecified atom stereocenters. The maximum absolute atomic E-state index is 6.00. The number of benzene rings is 1. The summed E-state index contributed by atoms with van der Waals surface area (Å²) >= 11 is 0. The zero-order chi connectivity index (χ0) is 13.1. The van der Waals surface area contributed by atoms with Gasteiger partial charge in [-0.05, 0) is 50.3 Å². The van der Waals surface area contributed by atoms with E-state index in [-0.39, 0.29) is 0 Å². The van der Waals surface area contributed by atoms with Gasteiger partial charge in [0.15, 0.2) is 0 Å². The van der Waals surface area contributed by atoms with E-state index >= 15 is 0 Å². The fourth-order valence-corrected chi connectivity index (χ4v) is 3.39. The van der Waals surface area contributed by atoms with Crippen molar-refractivity contribution in [3.05, 3.63) is 34.4 Å². The highest BCUT2D eigenvalue weighted by Crippen LogP contribution is 2.26. The first-order valence-corrected chi connectivity index (χ1v) is 7.15. The van der Waals surface area contributed by atoms with Gasteiger partial charge >= 0.3 is 0 Å². The van der Waals surface area contributed by atoms with Gasteiger partial charge in [-0.2, -0.15) is 0 Å². The van der Waals surface area contributed by atoms with Crippen molar-refractivity contribution in [2.24, 2.45) is 5.73 Å². The van der Waals surface area contributed by atoms with Gasteiger partial charge in [-0.1, -0.05) is 30.5 Å². The van der Waals surface area contributed by atoms with E-state index in [2.05, 4.69) is 38.2 Å². The first-order chi connectivity index (χ1) is 8.61. The van der Waals surface area contributed by atoms with Crippen LogP contribution in [-0.4, -0.2) is 12.6 Å². The maximum Gasteiger partial charge on any atom is 0.0451 e. The second-order valence-electron chi connectivity index (χ2n) is 5.75. The molecule has 0 aromatic heterocycles. The molecule has 1 fully saturated rings. The number of hydrogen-bond donors (Lipinski definition) is 2. The highest BCUT2D eigenvalue weighted by molar-refractivity contribution is 5.39. The van der Waals surface area contributed by atoms with Gasteiger partial charge in [0.05, 0.1) is 0 Å². The molecule has 2 nitrogen and oxygen atoms in total. The van der Waals surface area contributed by atoms with E-state index in [1.165, 1.54) is 47.9 Å². The summed E-state index contributed by atoms with van der Waals surface area (Å²) in [4.78, 5) is 0. The van der Waals surface area contributed by atoms with Crippen LogP contribution in [0.3, 0.4) is 0 Å². The van der Waals surface area contributed by atoms with E-state index < -0.39 is 0 Å². The lowest BCUT2D eigenvalue weighted by Gasteiger charge is -2.25. The summed E-state index contributed by atoms with van der Waals surface area (Å²) < 4.78 is 0. The number of hydrogen-bond acceptors (Lipinski definition) is 2. The standard InChI is InChI=1S/C16H26N2/c1-11-8-12(2)16(13(3)9-11)15(10-17)18-14-6-4-5-7-14/h8-9,14-15,18H,4-7,10,17H2,1-3H3. The highest BCUT2D eigenvalue weighted by atomic mass is 15.0. The monoisotopic (exact) mass is 246 g/mol. The Hall–Kier alpha value is -0.860. The fourth-order valence-electron chi connectivity index (χ4n) is 3.39. The minimum Gasteiger partial charge on any atom is -0.329 e. The molecular formula is C16H26N2. The molecule has 0 heterocycles. The van der Waals surface area contributed by atoms with Crippen molar-refractivity contribution in [1.82, 2.24) is 5.32 Å². The molecule has 2 rings (SSSR count). The Labute approximate surface area is 111 Å². The number of nitrogens with two attached hydrogens (primary N) is 1. The molecule has 0 radical (unpaired) electrons. The molecule has 1 aromatic carbocycles. The van der Waals surface area contributed by atoms with Crippen LogP contribution in [0, 0.1) is 20.8 Å². The van der Waals surface area contributed by atoms with E-state index in [0.717, 1.165) is 0 Å². The van der Waals surface area contributed by atoms with Crippen LogP contribution in [0.2, 0.25) is 0 Å². The molecule has 100 valence electrons. The van der Waals surface area contributed by atoms with E-state index in [1.807, 2.05) is 0 Å². The summed E-state index contributed by atoms with van der Waals surface area (Å²) in [5.41, 5.74) is 11.5. The molecule has 2 heteroatoms. The largest absolute Gasteiger partial charge is 0.329 e. The van der Waals surface area contributed by atoms with Crippen molar-refractivity contribution in [1.29, 1.82) is 0 Å². The van der Waals surface area contributed by atoms with Crippen LogP contribution < -0.4 is 11.1 Å². The van der Waals surface area contributed by atoms with Gasteiger partial charge in [0.1, 0.15) is 0 Å². The lowest BCUT2D eigenvalue weighted by atomic mass is 9.93. The van der Waals surface area contributed by atoms with Crippen LogP contribution in [0.1, 0.15) is 54.0 Å². The summed E-state index contributed by atoms with van der Waals surface area (Å²) in [6.07, 6.45) is 5.34. The average molecular weight is 246 g/mol. The van der Waals surface area contributed by atoms with Crippen LogP contribution in [-0.2, 0) is 0 Å². The average Bonchev–Trinajstić information content (AvgIpc) is 2.79. The molecule has 0 aliphatic heterocycles. The van der Waals surface area contributed by atoms with Gasteiger partial charge in [-0.3, -0.25) is 0 Å². The third kappa shape index (κ3) is 2.93. The van der Waals surface area contributed by atoms with Crippen LogP contribution in [0.4, 0.5) is 0 Å². The second-order valence-corrected chi connectivity index (χ2v) is 5.75. The van der Waals surface area contributed by atoms with Gasteiger partial charge in [-0.15, -0.1) is 0 Å². The Morgan fingerprint density at radius 3 is 2.22 bits per heavy atom. The Morgan fingerprint density at radius 2 is 1.72 bits per heavy atom. The van der Waals surface area contributed by atoms with Gasteiger partial charge in [0.25, 0.3) is 0 Å². The normalized spacial score (nSPS) is 18.2. The molecule has 0 saturated heterocycles. The molecule has 3 N–H and O–H groups in total.